The highest BCUT2D eigenvalue weighted by molar-refractivity contribution is 6.22. The van der Waals surface area contributed by atoms with Crippen molar-refractivity contribution >= 4 is 17.5 Å². The molecule has 0 atom stereocenters. The van der Waals surface area contributed by atoms with Gasteiger partial charge in [0.1, 0.15) is 11.5 Å². The van der Waals surface area contributed by atoms with Crippen LogP contribution in [0.2, 0.25) is 0 Å². The van der Waals surface area contributed by atoms with Crippen LogP contribution in [0.1, 0.15) is 50.7 Å². The van der Waals surface area contributed by atoms with Gasteiger partial charge in [-0.1, -0.05) is 19.4 Å². The molecular weight excluding hydrogens is 268 g/mol. The molecule has 21 heavy (non-hydrogen) atoms. The van der Waals surface area contributed by atoms with Crippen molar-refractivity contribution < 1.29 is 18.7 Å². The van der Waals surface area contributed by atoms with Gasteiger partial charge >= 0.3 is 11.9 Å². The average molecular weight is 288 g/mol. The Hall–Kier alpha value is -2.10. The van der Waals surface area contributed by atoms with Gasteiger partial charge in [0.05, 0.1) is 11.1 Å². The van der Waals surface area contributed by atoms with Gasteiger partial charge in [-0.05, 0) is 45.3 Å². The highest BCUT2D eigenvalue weighted by Gasteiger charge is 2.37. The molecule has 1 aromatic rings. The summed E-state index contributed by atoms with van der Waals surface area (Å²) in [5, 5.41) is 0. The summed E-state index contributed by atoms with van der Waals surface area (Å²) in [5.41, 5.74) is 3.33. The van der Waals surface area contributed by atoms with E-state index in [9.17, 15) is 9.59 Å². The van der Waals surface area contributed by atoms with Crippen LogP contribution in [0.15, 0.2) is 27.2 Å². The molecule has 2 rings (SSSR count). The Morgan fingerprint density at radius 1 is 1.05 bits per heavy atom. The maximum Gasteiger partial charge on any atom is 0.347 e. The third-order valence-corrected chi connectivity index (χ3v) is 3.87. The van der Waals surface area contributed by atoms with Crippen molar-refractivity contribution in [2.75, 3.05) is 0 Å². The van der Waals surface area contributed by atoms with E-state index in [0.29, 0.717) is 24.0 Å². The topological polar surface area (TPSA) is 56.5 Å². The number of rotatable bonds is 3. The molecule has 0 N–H and O–H groups in total. The lowest BCUT2D eigenvalue weighted by molar-refractivity contribution is -0.149. The second-order valence-corrected chi connectivity index (χ2v) is 5.19. The first kappa shape index (κ1) is 15.3. The summed E-state index contributed by atoms with van der Waals surface area (Å²) in [4.78, 5) is 24.1. The standard InChI is InChI=1S/C17H20O4/c1-6-12(7-2)15-14(16(18)21-17(15)19)10(4)13-8-9(3)20-11(13)5/h8H,6-7H2,1-5H3/b14-10+. The molecule has 0 unspecified atom stereocenters. The SMILES string of the molecule is CCC(CC)=C1C(=O)OC(=O)/C1=C(\C)c1cc(C)oc1C. The molecule has 1 fully saturated rings. The third kappa shape index (κ3) is 2.58. The highest BCUT2D eigenvalue weighted by Crippen LogP contribution is 2.35. The minimum atomic E-state index is -0.565. The first-order chi connectivity index (χ1) is 9.90. The summed E-state index contributed by atoms with van der Waals surface area (Å²) in [7, 11) is 0. The minimum absolute atomic E-state index is 0.377. The molecular formula is C17H20O4. The summed E-state index contributed by atoms with van der Waals surface area (Å²) in [6.07, 6.45) is 1.43. The maximum atomic E-state index is 12.1. The molecule has 2 heterocycles. The number of cyclic esters (lactones) is 2. The summed E-state index contributed by atoms with van der Waals surface area (Å²) in [5.74, 6) is 0.409. The van der Waals surface area contributed by atoms with Crippen LogP contribution < -0.4 is 0 Å². The van der Waals surface area contributed by atoms with E-state index < -0.39 is 11.9 Å². The van der Waals surface area contributed by atoms with Crippen molar-refractivity contribution in [1.82, 2.24) is 0 Å². The molecule has 0 aliphatic carbocycles. The second-order valence-electron chi connectivity index (χ2n) is 5.19. The Morgan fingerprint density at radius 3 is 2.10 bits per heavy atom. The van der Waals surface area contributed by atoms with E-state index >= 15 is 0 Å². The van der Waals surface area contributed by atoms with Crippen LogP contribution in [0.5, 0.6) is 0 Å². The van der Waals surface area contributed by atoms with Crippen molar-refractivity contribution in [2.24, 2.45) is 0 Å². The van der Waals surface area contributed by atoms with Crippen molar-refractivity contribution in [1.29, 1.82) is 0 Å². The van der Waals surface area contributed by atoms with E-state index in [-0.39, 0.29) is 0 Å². The van der Waals surface area contributed by atoms with E-state index in [1.165, 1.54) is 0 Å². The minimum Gasteiger partial charge on any atom is -0.466 e. The Bertz CT molecular complexity index is 665. The first-order valence-electron chi connectivity index (χ1n) is 7.17. The van der Waals surface area contributed by atoms with Gasteiger partial charge < -0.3 is 9.15 Å². The predicted molar refractivity (Wildman–Crippen MR) is 79.5 cm³/mol. The van der Waals surface area contributed by atoms with Crippen LogP contribution in [-0.2, 0) is 14.3 Å². The number of furan rings is 1. The fourth-order valence-electron chi connectivity index (χ4n) is 2.79. The lowest BCUT2D eigenvalue weighted by atomic mass is 9.92. The van der Waals surface area contributed by atoms with Crippen LogP contribution in [0.3, 0.4) is 0 Å². The molecule has 0 radical (unpaired) electrons. The van der Waals surface area contributed by atoms with E-state index in [0.717, 1.165) is 28.2 Å². The number of ether oxygens (including phenoxy) is 1. The van der Waals surface area contributed by atoms with Crippen molar-refractivity contribution in [3.05, 3.63) is 39.9 Å². The molecule has 4 nitrogen and oxygen atoms in total. The molecule has 1 aliphatic heterocycles. The molecule has 4 heteroatoms. The molecule has 112 valence electrons. The molecule has 0 saturated carbocycles. The quantitative estimate of drug-likeness (QED) is 0.481. The summed E-state index contributed by atoms with van der Waals surface area (Å²) in [6.45, 7) is 9.48. The van der Waals surface area contributed by atoms with Gasteiger partial charge in [0, 0.05) is 5.56 Å². The van der Waals surface area contributed by atoms with Gasteiger partial charge in [-0.25, -0.2) is 9.59 Å². The second kappa shape index (κ2) is 5.72. The Morgan fingerprint density at radius 2 is 1.62 bits per heavy atom. The van der Waals surface area contributed by atoms with Crippen LogP contribution in [0.25, 0.3) is 5.57 Å². The van der Waals surface area contributed by atoms with Gasteiger partial charge in [0.2, 0.25) is 0 Å². The third-order valence-electron chi connectivity index (χ3n) is 3.87. The first-order valence-corrected chi connectivity index (χ1v) is 7.17. The average Bonchev–Trinajstić information content (AvgIpc) is 2.90. The zero-order chi connectivity index (χ0) is 15.7. The van der Waals surface area contributed by atoms with Crippen LogP contribution in [0, 0.1) is 13.8 Å². The monoisotopic (exact) mass is 288 g/mol. The van der Waals surface area contributed by atoms with E-state index in [4.69, 9.17) is 9.15 Å². The van der Waals surface area contributed by atoms with Gasteiger partial charge in [-0.3, -0.25) is 0 Å². The number of allylic oxidation sites excluding steroid dienone is 2. The summed E-state index contributed by atoms with van der Waals surface area (Å²) < 4.78 is 10.4. The number of esters is 2. The number of aryl methyl sites for hydroxylation is 2. The molecule has 1 saturated heterocycles. The zero-order valence-corrected chi connectivity index (χ0v) is 13.1. The fourth-order valence-corrected chi connectivity index (χ4v) is 2.79. The van der Waals surface area contributed by atoms with E-state index in [1.54, 1.807) is 0 Å². The van der Waals surface area contributed by atoms with Crippen LogP contribution in [-0.4, -0.2) is 11.9 Å². The Labute approximate surface area is 124 Å². The maximum absolute atomic E-state index is 12.1. The fraction of sp³-hybridized carbons (Fsp3) is 0.412. The van der Waals surface area contributed by atoms with E-state index in [2.05, 4.69) is 0 Å². The van der Waals surface area contributed by atoms with Gasteiger partial charge in [-0.15, -0.1) is 0 Å². The smallest absolute Gasteiger partial charge is 0.347 e. The van der Waals surface area contributed by atoms with Crippen LogP contribution in [0.4, 0.5) is 0 Å². The van der Waals surface area contributed by atoms with Crippen LogP contribution >= 0.6 is 0 Å². The zero-order valence-electron chi connectivity index (χ0n) is 13.1. The molecule has 1 aromatic heterocycles. The van der Waals surface area contributed by atoms with E-state index in [1.807, 2.05) is 40.7 Å². The van der Waals surface area contributed by atoms with Crippen molar-refractivity contribution in [3.8, 4) is 0 Å². The van der Waals surface area contributed by atoms with Gasteiger partial charge in [0.25, 0.3) is 0 Å². The number of hydrogen-bond donors (Lipinski definition) is 0. The molecule has 1 aliphatic rings. The molecule has 0 spiro atoms. The molecule has 0 amide bonds. The lowest BCUT2D eigenvalue weighted by Crippen LogP contribution is -2.01. The number of hydrogen-bond acceptors (Lipinski definition) is 4. The Balaban J connectivity index is 2.71. The highest BCUT2D eigenvalue weighted by atomic mass is 16.6. The van der Waals surface area contributed by atoms with Crippen molar-refractivity contribution in [2.45, 2.75) is 47.5 Å². The lowest BCUT2D eigenvalue weighted by Gasteiger charge is -2.07. The summed E-state index contributed by atoms with van der Waals surface area (Å²) >= 11 is 0. The number of carbonyl (C=O) groups excluding carboxylic acids is 2. The van der Waals surface area contributed by atoms with Crippen molar-refractivity contribution in [3.63, 3.8) is 0 Å². The normalized spacial score (nSPS) is 17.3. The largest absolute Gasteiger partial charge is 0.466 e. The Kier molecular flexibility index (Phi) is 4.16. The predicted octanol–water partition coefficient (Wildman–Crippen LogP) is 3.87. The summed E-state index contributed by atoms with van der Waals surface area (Å²) in [6, 6.07) is 1.88. The van der Waals surface area contributed by atoms with Gasteiger partial charge in [-0.2, -0.15) is 0 Å². The van der Waals surface area contributed by atoms with Gasteiger partial charge in [0.15, 0.2) is 0 Å². The molecule has 0 bridgehead atoms. The number of carbonyl (C=O) groups is 2. The molecule has 0 aromatic carbocycles.